The molecule has 31 heavy (non-hydrogen) atoms. The molecular weight excluding hydrogens is 382 g/mol. The first-order chi connectivity index (χ1) is 15.0. The number of para-hydroxylation sites is 1. The van der Waals surface area contributed by atoms with Gasteiger partial charge >= 0.3 is 0 Å². The Hall–Kier alpha value is -2.14. The summed E-state index contributed by atoms with van der Waals surface area (Å²) in [6.07, 6.45) is 4.14. The van der Waals surface area contributed by atoms with Crippen LogP contribution in [0.4, 0.5) is 0 Å². The van der Waals surface area contributed by atoms with Crippen LogP contribution in [0.25, 0.3) is 10.9 Å². The van der Waals surface area contributed by atoms with E-state index in [9.17, 15) is 0 Å². The minimum atomic E-state index is -0.221. The monoisotopic (exact) mass is 417 g/mol. The maximum atomic E-state index is 6.71. The highest BCUT2D eigenvalue weighted by atomic mass is 16.5. The van der Waals surface area contributed by atoms with Gasteiger partial charge in [-0.15, -0.1) is 0 Å². The number of nitrogens with one attached hydrogen (secondary N) is 1. The SMILES string of the molecule is CN(C)CC1CC2(CCC1(c1ccccc1)N(C)C)OCCc1c2[nH]c2ccccc12. The zero-order valence-electron chi connectivity index (χ0n) is 19.3. The molecule has 4 nitrogen and oxygen atoms in total. The Morgan fingerprint density at radius 1 is 0.968 bits per heavy atom. The molecule has 2 heterocycles. The number of fused-ring (bicyclic) bond motifs is 4. The van der Waals surface area contributed by atoms with Crippen molar-refractivity contribution in [1.29, 1.82) is 0 Å². The summed E-state index contributed by atoms with van der Waals surface area (Å²) in [5.41, 5.74) is 5.26. The van der Waals surface area contributed by atoms with E-state index in [0.717, 1.165) is 38.8 Å². The molecule has 4 heteroatoms. The number of benzene rings is 2. The fraction of sp³-hybridized carbons (Fsp3) is 0.481. The summed E-state index contributed by atoms with van der Waals surface area (Å²) < 4.78 is 6.71. The summed E-state index contributed by atoms with van der Waals surface area (Å²) in [5, 5.41) is 1.37. The Morgan fingerprint density at radius 2 is 1.71 bits per heavy atom. The molecule has 3 unspecified atom stereocenters. The third-order valence-electron chi connectivity index (χ3n) is 7.82. The first-order valence-corrected chi connectivity index (χ1v) is 11.6. The number of ether oxygens (including phenoxy) is 1. The first-order valence-electron chi connectivity index (χ1n) is 11.6. The molecule has 1 aromatic heterocycles. The maximum absolute atomic E-state index is 6.71. The minimum Gasteiger partial charge on any atom is -0.368 e. The molecule has 1 spiro atoms. The van der Waals surface area contributed by atoms with Gasteiger partial charge in [-0.3, -0.25) is 4.90 Å². The third kappa shape index (κ3) is 3.24. The summed E-state index contributed by atoms with van der Waals surface area (Å²) >= 11 is 0. The number of hydrogen-bond donors (Lipinski definition) is 1. The highest BCUT2D eigenvalue weighted by Crippen LogP contribution is 2.55. The summed E-state index contributed by atoms with van der Waals surface area (Å²) in [4.78, 5) is 8.61. The summed E-state index contributed by atoms with van der Waals surface area (Å²) in [5.74, 6) is 0.450. The van der Waals surface area contributed by atoms with E-state index in [2.05, 4.69) is 97.6 Å². The van der Waals surface area contributed by atoms with Crippen LogP contribution in [-0.4, -0.2) is 56.1 Å². The molecule has 5 rings (SSSR count). The lowest BCUT2D eigenvalue weighted by atomic mass is 9.61. The zero-order chi connectivity index (χ0) is 21.6. The van der Waals surface area contributed by atoms with Crippen LogP contribution >= 0.6 is 0 Å². The van der Waals surface area contributed by atoms with Crippen LogP contribution in [0.3, 0.4) is 0 Å². The second-order valence-electron chi connectivity index (χ2n) is 9.96. The largest absolute Gasteiger partial charge is 0.368 e. The number of hydrogen-bond acceptors (Lipinski definition) is 3. The predicted molar refractivity (Wildman–Crippen MR) is 127 cm³/mol. The lowest BCUT2D eigenvalue weighted by molar-refractivity contribution is -0.140. The van der Waals surface area contributed by atoms with E-state index in [1.165, 1.54) is 27.7 Å². The molecule has 3 aromatic rings. The van der Waals surface area contributed by atoms with Crippen LogP contribution in [0.2, 0.25) is 0 Å². The summed E-state index contributed by atoms with van der Waals surface area (Å²) in [7, 11) is 8.90. The van der Waals surface area contributed by atoms with E-state index < -0.39 is 0 Å². The summed E-state index contributed by atoms with van der Waals surface area (Å²) in [6, 6.07) is 19.9. The Labute approximate surface area is 186 Å². The van der Waals surface area contributed by atoms with Crippen molar-refractivity contribution in [3.63, 3.8) is 0 Å². The van der Waals surface area contributed by atoms with Gasteiger partial charge in [-0.25, -0.2) is 0 Å². The van der Waals surface area contributed by atoms with E-state index in [0.29, 0.717) is 5.92 Å². The summed E-state index contributed by atoms with van der Waals surface area (Å²) in [6.45, 7) is 1.84. The van der Waals surface area contributed by atoms with Crippen molar-refractivity contribution in [3.8, 4) is 0 Å². The zero-order valence-corrected chi connectivity index (χ0v) is 19.3. The Kier molecular flexibility index (Phi) is 5.20. The van der Waals surface area contributed by atoms with Crippen molar-refractivity contribution in [2.75, 3.05) is 41.3 Å². The number of rotatable bonds is 4. The third-order valence-corrected chi connectivity index (χ3v) is 7.82. The highest BCUT2D eigenvalue weighted by molar-refractivity contribution is 5.85. The molecule has 0 amide bonds. The molecule has 2 aromatic carbocycles. The van der Waals surface area contributed by atoms with Crippen LogP contribution in [0, 0.1) is 5.92 Å². The smallest absolute Gasteiger partial charge is 0.109 e. The quantitative estimate of drug-likeness (QED) is 0.664. The molecule has 1 saturated carbocycles. The molecule has 2 aliphatic rings. The number of aromatic nitrogens is 1. The van der Waals surface area contributed by atoms with Gasteiger partial charge in [0.1, 0.15) is 5.60 Å². The van der Waals surface area contributed by atoms with Crippen LogP contribution in [0.1, 0.15) is 36.1 Å². The van der Waals surface area contributed by atoms with Crippen LogP contribution in [0.15, 0.2) is 54.6 Å². The van der Waals surface area contributed by atoms with Crippen LogP contribution in [-0.2, 0) is 22.3 Å². The molecular formula is C27H35N3O. The van der Waals surface area contributed by atoms with E-state index in [1.807, 2.05) is 0 Å². The lowest BCUT2D eigenvalue weighted by Crippen LogP contribution is -2.57. The standard InChI is InChI=1S/C27H35N3O/c1-29(2)19-21-18-26(15-16-27(21,30(3)4)20-10-6-5-7-11-20)25-23(14-17-31-26)22-12-8-9-13-24(22)28-25/h5-13,21,28H,14-19H2,1-4H3. The minimum absolute atomic E-state index is 0.00374. The lowest BCUT2D eigenvalue weighted by Gasteiger charge is -2.56. The normalized spacial score (nSPS) is 28.5. The van der Waals surface area contributed by atoms with Gasteiger partial charge in [0, 0.05) is 23.0 Å². The molecule has 1 aliphatic carbocycles. The Bertz CT molecular complexity index is 1060. The topological polar surface area (TPSA) is 31.5 Å². The van der Waals surface area contributed by atoms with Gasteiger partial charge < -0.3 is 14.6 Å². The molecule has 0 radical (unpaired) electrons. The molecule has 1 fully saturated rings. The average Bonchev–Trinajstić information content (AvgIpc) is 3.15. The Morgan fingerprint density at radius 3 is 2.45 bits per heavy atom. The fourth-order valence-electron chi connectivity index (χ4n) is 6.50. The van der Waals surface area contributed by atoms with Gasteiger partial charge in [-0.1, -0.05) is 48.5 Å². The van der Waals surface area contributed by atoms with E-state index in [4.69, 9.17) is 4.74 Å². The van der Waals surface area contributed by atoms with E-state index >= 15 is 0 Å². The number of H-pyrrole nitrogens is 1. The molecule has 1 N–H and O–H groups in total. The maximum Gasteiger partial charge on any atom is 0.109 e. The van der Waals surface area contributed by atoms with Gasteiger partial charge in [-0.2, -0.15) is 0 Å². The molecule has 3 atom stereocenters. The molecule has 1 aliphatic heterocycles. The van der Waals surface area contributed by atoms with E-state index in [-0.39, 0.29) is 11.1 Å². The van der Waals surface area contributed by atoms with Crippen molar-refractivity contribution < 1.29 is 4.74 Å². The van der Waals surface area contributed by atoms with Crippen LogP contribution < -0.4 is 0 Å². The van der Waals surface area contributed by atoms with Gasteiger partial charge in [-0.05, 0) is 77.0 Å². The number of aromatic amines is 1. The van der Waals surface area contributed by atoms with Crippen molar-refractivity contribution in [2.24, 2.45) is 5.92 Å². The molecule has 0 bridgehead atoms. The first kappa shape index (κ1) is 20.7. The predicted octanol–water partition coefficient (Wildman–Crippen LogP) is 4.75. The fourth-order valence-corrected chi connectivity index (χ4v) is 6.50. The highest BCUT2D eigenvalue weighted by Gasteiger charge is 2.54. The van der Waals surface area contributed by atoms with Crippen molar-refractivity contribution in [3.05, 3.63) is 71.4 Å². The van der Waals surface area contributed by atoms with E-state index in [1.54, 1.807) is 0 Å². The second kappa shape index (κ2) is 7.77. The van der Waals surface area contributed by atoms with Crippen LogP contribution in [0.5, 0.6) is 0 Å². The van der Waals surface area contributed by atoms with Crippen molar-refractivity contribution >= 4 is 10.9 Å². The number of nitrogens with zero attached hydrogens (tertiary/aromatic N) is 2. The van der Waals surface area contributed by atoms with Crippen molar-refractivity contribution in [2.45, 2.75) is 36.8 Å². The Balaban J connectivity index is 1.62. The molecule has 164 valence electrons. The van der Waals surface area contributed by atoms with Gasteiger partial charge in [0.25, 0.3) is 0 Å². The van der Waals surface area contributed by atoms with Crippen molar-refractivity contribution in [1.82, 2.24) is 14.8 Å². The average molecular weight is 418 g/mol. The van der Waals surface area contributed by atoms with Gasteiger partial charge in [0.15, 0.2) is 0 Å². The second-order valence-corrected chi connectivity index (χ2v) is 9.96. The van der Waals surface area contributed by atoms with Gasteiger partial charge in [0.2, 0.25) is 0 Å². The molecule has 0 saturated heterocycles. The van der Waals surface area contributed by atoms with Gasteiger partial charge in [0.05, 0.1) is 12.3 Å².